The molecule has 0 unspecified atom stereocenters. The van der Waals surface area contributed by atoms with Crippen molar-refractivity contribution in [3.05, 3.63) is 36.0 Å². The molecule has 0 aliphatic carbocycles. The van der Waals surface area contributed by atoms with Crippen LogP contribution in [0.1, 0.15) is 25.5 Å². The largest absolute Gasteiger partial charge is 0.497 e. The molecule has 2 rings (SSSR count). The molecular weight excluding hydrogens is 214 g/mol. The number of rotatable bonds is 3. The first-order valence-corrected chi connectivity index (χ1v) is 5.61. The zero-order valence-corrected chi connectivity index (χ0v) is 10.3. The Hall–Kier alpha value is -1.97. The smallest absolute Gasteiger partial charge is 0.127 e. The van der Waals surface area contributed by atoms with Gasteiger partial charge in [0.15, 0.2) is 0 Å². The Bertz CT molecular complexity index is 517. The monoisotopic (exact) mass is 231 g/mol. The second-order valence-corrected chi connectivity index (χ2v) is 4.26. The Labute approximate surface area is 101 Å². The number of nitrogens with zero attached hydrogens (tertiary/aromatic N) is 2. The Morgan fingerprint density at radius 2 is 2.06 bits per heavy atom. The van der Waals surface area contributed by atoms with Gasteiger partial charge >= 0.3 is 0 Å². The van der Waals surface area contributed by atoms with Crippen molar-refractivity contribution in [3.8, 4) is 11.4 Å². The molecule has 17 heavy (non-hydrogen) atoms. The summed E-state index contributed by atoms with van der Waals surface area (Å²) in [7, 11) is 1.64. The van der Waals surface area contributed by atoms with Crippen LogP contribution in [0.3, 0.4) is 0 Å². The van der Waals surface area contributed by atoms with Gasteiger partial charge in [0.1, 0.15) is 11.6 Å². The van der Waals surface area contributed by atoms with E-state index < -0.39 is 0 Å². The fraction of sp³-hybridized carbons (Fsp3) is 0.308. The summed E-state index contributed by atoms with van der Waals surface area (Å²) < 4.78 is 6.92. The minimum atomic E-state index is 0.365. The van der Waals surface area contributed by atoms with Crippen molar-refractivity contribution in [2.75, 3.05) is 12.8 Å². The lowest BCUT2D eigenvalue weighted by molar-refractivity contribution is 0.414. The SMILES string of the molecule is COc1cccc(-n2nc(C(C)C)cc2N)c1. The minimum Gasteiger partial charge on any atom is -0.497 e. The molecule has 4 nitrogen and oxygen atoms in total. The lowest BCUT2D eigenvalue weighted by Crippen LogP contribution is -2.02. The molecule has 2 N–H and O–H groups in total. The van der Waals surface area contributed by atoms with E-state index in [4.69, 9.17) is 10.5 Å². The van der Waals surface area contributed by atoms with Gasteiger partial charge in [-0.3, -0.25) is 0 Å². The highest BCUT2D eigenvalue weighted by Crippen LogP contribution is 2.22. The van der Waals surface area contributed by atoms with Gasteiger partial charge in [0.25, 0.3) is 0 Å². The van der Waals surface area contributed by atoms with E-state index in [9.17, 15) is 0 Å². The Morgan fingerprint density at radius 3 is 2.65 bits per heavy atom. The van der Waals surface area contributed by atoms with Gasteiger partial charge in [-0.05, 0) is 18.1 Å². The molecule has 1 aromatic heterocycles. The van der Waals surface area contributed by atoms with Crippen LogP contribution in [0, 0.1) is 0 Å². The Balaban J connectivity index is 2.45. The van der Waals surface area contributed by atoms with Crippen molar-refractivity contribution in [3.63, 3.8) is 0 Å². The third-order valence-corrected chi connectivity index (χ3v) is 2.65. The minimum absolute atomic E-state index is 0.365. The first-order valence-electron chi connectivity index (χ1n) is 5.61. The fourth-order valence-electron chi connectivity index (χ4n) is 1.65. The molecule has 90 valence electrons. The Morgan fingerprint density at radius 1 is 1.29 bits per heavy atom. The van der Waals surface area contributed by atoms with Crippen LogP contribution in [-0.2, 0) is 0 Å². The molecule has 0 fully saturated rings. The van der Waals surface area contributed by atoms with Gasteiger partial charge in [-0.2, -0.15) is 5.10 Å². The van der Waals surface area contributed by atoms with Crippen LogP contribution in [0.5, 0.6) is 5.75 Å². The number of hydrogen-bond acceptors (Lipinski definition) is 3. The maximum absolute atomic E-state index is 5.96. The predicted octanol–water partition coefficient (Wildman–Crippen LogP) is 2.59. The zero-order chi connectivity index (χ0) is 12.4. The average molecular weight is 231 g/mol. The molecule has 0 spiro atoms. The van der Waals surface area contributed by atoms with Gasteiger partial charge in [-0.1, -0.05) is 19.9 Å². The lowest BCUT2D eigenvalue weighted by Gasteiger charge is -2.06. The van der Waals surface area contributed by atoms with E-state index in [1.807, 2.05) is 30.3 Å². The molecule has 2 aromatic rings. The van der Waals surface area contributed by atoms with Gasteiger partial charge in [-0.15, -0.1) is 0 Å². The summed E-state index contributed by atoms with van der Waals surface area (Å²) in [6.45, 7) is 4.19. The van der Waals surface area contributed by atoms with Crippen LogP contribution in [0.15, 0.2) is 30.3 Å². The van der Waals surface area contributed by atoms with E-state index in [1.165, 1.54) is 0 Å². The van der Waals surface area contributed by atoms with Gasteiger partial charge in [0.2, 0.25) is 0 Å². The van der Waals surface area contributed by atoms with Gasteiger partial charge in [0.05, 0.1) is 18.5 Å². The topological polar surface area (TPSA) is 53.1 Å². The number of anilines is 1. The number of methoxy groups -OCH3 is 1. The van der Waals surface area contributed by atoms with Gasteiger partial charge in [0, 0.05) is 12.1 Å². The van der Waals surface area contributed by atoms with E-state index in [2.05, 4.69) is 18.9 Å². The number of nitrogen functional groups attached to an aromatic ring is 1. The number of hydrogen-bond donors (Lipinski definition) is 1. The van der Waals surface area contributed by atoms with Crippen molar-refractivity contribution in [2.24, 2.45) is 0 Å². The van der Waals surface area contributed by atoms with E-state index in [-0.39, 0.29) is 0 Å². The third-order valence-electron chi connectivity index (χ3n) is 2.65. The first kappa shape index (κ1) is 11.5. The van der Waals surface area contributed by atoms with Gasteiger partial charge < -0.3 is 10.5 Å². The summed E-state index contributed by atoms with van der Waals surface area (Å²) >= 11 is 0. The molecule has 1 heterocycles. The molecule has 0 saturated carbocycles. The van der Waals surface area contributed by atoms with Crippen LogP contribution in [-0.4, -0.2) is 16.9 Å². The highest BCUT2D eigenvalue weighted by molar-refractivity contribution is 5.46. The second kappa shape index (κ2) is 4.49. The second-order valence-electron chi connectivity index (χ2n) is 4.26. The molecule has 0 amide bonds. The summed E-state index contributed by atoms with van der Waals surface area (Å²) in [5, 5.41) is 4.49. The van der Waals surface area contributed by atoms with Crippen LogP contribution >= 0.6 is 0 Å². The maximum atomic E-state index is 5.96. The Kier molecular flexibility index (Phi) is 3.04. The predicted molar refractivity (Wildman–Crippen MR) is 68.6 cm³/mol. The third kappa shape index (κ3) is 2.25. The van der Waals surface area contributed by atoms with E-state index in [0.29, 0.717) is 11.7 Å². The molecule has 4 heteroatoms. The summed E-state index contributed by atoms with van der Waals surface area (Å²) in [6.07, 6.45) is 0. The number of ether oxygens (including phenoxy) is 1. The molecular formula is C13H17N3O. The highest BCUT2D eigenvalue weighted by atomic mass is 16.5. The van der Waals surface area contributed by atoms with Crippen LogP contribution in [0.25, 0.3) is 5.69 Å². The van der Waals surface area contributed by atoms with Crippen LogP contribution < -0.4 is 10.5 Å². The molecule has 1 aromatic carbocycles. The standard InChI is InChI=1S/C13H17N3O/c1-9(2)12-8-13(14)16(15-12)10-5-4-6-11(7-10)17-3/h4-9H,14H2,1-3H3. The molecule has 0 aliphatic rings. The normalized spacial score (nSPS) is 10.8. The molecule has 0 radical (unpaired) electrons. The average Bonchev–Trinajstić information content (AvgIpc) is 2.72. The molecule has 0 bridgehead atoms. The maximum Gasteiger partial charge on any atom is 0.127 e. The summed E-state index contributed by atoms with van der Waals surface area (Å²) in [4.78, 5) is 0. The highest BCUT2D eigenvalue weighted by Gasteiger charge is 2.09. The summed E-state index contributed by atoms with van der Waals surface area (Å²) in [5.41, 5.74) is 7.86. The van der Waals surface area contributed by atoms with Crippen molar-refractivity contribution >= 4 is 5.82 Å². The number of aromatic nitrogens is 2. The van der Waals surface area contributed by atoms with Crippen molar-refractivity contribution in [1.29, 1.82) is 0 Å². The quantitative estimate of drug-likeness (QED) is 0.883. The van der Waals surface area contributed by atoms with Gasteiger partial charge in [-0.25, -0.2) is 4.68 Å². The zero-order valence-electron chi connectivity index (χ0n) is 10.3. The van der Waals surface area contributed by atoms with Crippen LogP contribution in [0.4, 0.5) is 5.82 Å². The van der Waals surface area contributed by atoms with Crippen LogP contribution in [0.2, 0.25) is 0 Å². The summed E-state index contributed by atoms with van der Waals surface area (Å²) in [6, 6.07) is 9.59. The molecule has 0 saturated heterocycles. The fourth-order valence-corrected chi connectivity index (χ4v) is 1.65. The first-order chi connectivity index (χ1) is 8.11. The number of benzene rings is 1. The van der Waals surface area contributed by atoms with Crippen molar-refractivity contribution in [1.82, 2.24) is 9.78 Å². The van der Waals surface area contributed by atoms with Crippen molar-refractivity contribution < 1.29 is 4.74 Å². The van der Waals surface area contributed by atoms with E-state index >= 15 is 0 Å². The summed E-state index contributed by atoms with van der Waals surface area (Å²) in [5.74, 6) is 1.80. The van der Waals surface area contributed by atoms with E-state index in [0.717, 1.165) is 17.1 Å². The molecule has 0 aliphatic heterocycles. The molecule has 0 atom stereocenters. The van der Waals surface area contributed by atoms with E-state index in [1.54, 1.807) is 11.8 Å². The number of nitrogens with two attached hydrogens (primary N) is 1. The lowest BCUT2D eigenvalue weighted by atomic mass is 10.1. The van der Waals surface area contributed by atoms with Crippen molar-refractivity contribution in [2.45, 2.75) is 19.8 Å².